The third-order valence-electron chi connectivity index (χ3n) is 2.62. The lowest BCUT2D eigenvalue weighted by Crippen LogP contribution is -2.43. The van der Waals surface area contributed by atoms with Crippen molar-refractivity contribution in [1.82, 2.24) is 5.32 Å². The third kappa shape index (κ3) is 2.43. The van der Waals surface area contributed by atoms with Crippen LogP contribution in [-0.4, -0.2) is 36.4 Å². The summed E-state index contributed by atoms with van der Waals surface area (Å²) in [7, 11) is 0. The first-order valence-corrected chi connectivity index (χ1v) is 5.24. The predicted molar refractivity (Wildman–Crippen MR) is 56.2 cm³/mol. The number of carbonyl (C=O) groups is 1. The van der Waals surface area contributed by atoms with E-state index in [0.29, 0.717) is 18.8 Å². The first-order chi connectivity index (χ1) is 7.59. The molecule has 1 amide bonds. The second-order valence-electron chi connectivity index (χ2n) is 4.12. The molecule has 1 saturated heterocycles. The molecule has 1 aromatic heterocycles. The second kappa shape index (κ2) is 4.27. The van der Waals surface area contributed by atoms with E-state index in [2.05, 4.69) is 5.32 Å². The molecule has 0 aliphatic carbocycles. The molecule has 0 saturated carbocycles. The van der Waals surface area contributed by atoms with E-state index in [-0.39, 0.29) is 24.8 Å². The topological polar surface area (TPSA) is 71.7 Å². The van der Waals surface area contributed by atoms with E-state index in [1.165, 1.54) is 0 Å². The van der Waals surface area contributed by atoms with Crippen molar-refractivity contribution >= 4 is 5.91 Å². The van der Waals surface area contributed by atoms with Crippen LogP contribution in [0.25, 0.3) is 0 Å². The Morgan fingerprint density at radius 2 is 2.44 bits per heavy atom. The summed E-state index contributed by atoms with van der Waals surface area (Å²) in [5, 5.41) is 12.6. The van der Waals surface area contributed by atoms with Gasteiger partial charge in [-0.3, -0.25) is 4.79 Å². The number of aryl methyl sites for hydroxylation is 1. The summed E-state index contributed by atoms with van der Waals surface area (Å²) in [5.74, 6) is 0.640. The van der Waals surface area contributed by atoms with E-state index in [1.807, 2.05) is 0 Å². The van der Waals surface area contributed by atoms with Crippen LogP contribution in [0.1, 0.15) is 22.7 Å². The van der Waals surface area contributed by atoms with Gasteiger partial charge >= 0.3 is 0 Å². The lowest BCUT2D eigenvalue weighted by atomic mass is 10.0. The fourth-order valence-electron chi connectivity index (χ4n) is 1.62. The molecule has 1 aliphatic rings. The highest BCUT2D eigenvalue weighted by molar-refractivity contribution is 5.91. The van der Waals surface area contributed by atoms with Crippen molar-refractivity contribution in [3.63, 3.8) is 0 Å². The van der Waals surface area contributed by atoms with Gasteiger partial charge in [0.2, 0.25) is 0 Å². The first kappa shape index (κ1) is 11.2. The highest BCUT2D eigenvalue weighted by Gasteiger charge is 2.32. The number of rotatable bonds is 3. The maximum Gasteiger partial charge on any atom is 0.287 e. The largest absolute Gasteiger partial charge is 0.456 e. The van der Waals surface area contributed by atoms with Crippen LogP contribution in [0, 0.1) is 6.92 Å². The van der Waals surface area contributed by atoms with E-state index in [4.69, 9.17) is 9.15 Å². The average Bonchev–Trinajstić information content (AvgIpc) is 2.85. The Morgan fingerprint density at radius 3 is 3.00 bits per heavy atom. The highest BCUT2D eigenvalue weighted by atomic mass is 16.5. The van der Waals surface area contributed by atoms with E-state index in [0.717, 1.165) is 0 Å². The normalized spacial score (nSPS) is 24.6. The fourth-order valence-corrected chi connectivity index (χ4v) is 1.62. The minimum atomic E-state index is -0.933. The lowest BCUT2D eigenvalue weighted by molar-refractivity contribution is 0.0261. The smallest absolute Gasteiger partial charge is 0.287 e. The molecule has 1 fully saturated rings. The Morgan fingerprint density at radius 1 is 1.62 bits per heavy atom. The van der Waals surface area contributed by atoms with Crippen LogP contribution in [0.2, 0.25) is 0 Å². The SMILES string of the molecule is Cc1ccc(C(=O)NCC2(O)CCOC2)o1. The molecule has 16 heavy (non-hydrogen) atoms. The summed E-state index contributed by atoms with van der Waals surface area (Å²) < 4.78 is 10.2. The molecule has 1 atom stereocenters. The van der Waals surface area contributed by atoms with Gasteiger partial charge in [-0.15, -0.1) is 0 Å². The molecule has 1 unspecified atom stereocenters. The molecule has 1 aliphatic heterocycles. The average molecular weight is 225 g/mol. The molecule has 0 bridgehead atoms. The number of aliphatic hydroxyl groups is 1. The summed E-state index contributed by atoms with van der Waals surface area (Å²) in [6, 6.07) is 3.34. The zero-order valence-electron chi connectivity index (χ0n) is 9.16. The maximum atomic E-state index is 11.6. The molecule has 1 aromatic rings. The standard InChI is InChI=1S/C11H15NO4/c1-8-2-3-9(16-8)10(13)12-6-11(14)4-5-15-7-11/h2-3,14H,4-7H2,1H3,(H,12,13). The summed E-state index contributed by atoms with van der Waals surface area (Å²) >= 11 is 0. The van der Waals surface area contributed by atoms with Crippen LogP contribution in [0.3, 0.4) is 0 Å². The van der Waals surface area contributed by atoms with Gasteiger partial charge < -0.3 is 19.6 Å². The predicted octanol–water partition coefficient (Wildman–Crippen LogP) is 0.469. The van der Waals surface area contributed by atoms with Crippen LogP contribution in [-0.2, 0) is 4.74 Å². The Hall–Kier alpha value is -1.33. The van der Waals surface area contributed by atoms with Crippen LogP contribution < -0.4 is 5.32 Å². The fraction of sp³-hybridized carbons (Fsp3) is 0.545. The molecular weight excluding hydrogens is 210 g/mol. The van der Waals surface area contributed by atoms with Crippen LogP contribution in [0.4, 0.5) is 0 Å². The van der Waals surface area contributed by atoms with Gasteiger partial charge in [0, 0.05) is 19.6 Å². The Kier molecular flexibility index (Phi) is 2.98. The number of amides is 1. The number of hydrogen-bond donors (Lipinski definition) is 2. The van der Waals surface area contributed by atoms with Crippen LogP contribution in [0.15, 0.2) is 16.5 Å². The van der Waals surface area contributed by atoms with E-state index >= 15 is 0 Å². The van der Waals surface area contributed by atoms with Gasteiger partial charge in [-0.1, -0.05) is 0 Å². The summed E-state index contributed by atoms with van der Waals surface area (Å²) in [4.78, 5) is 11.6. The van der Waals surface area contributed by atoms with Gasteiger partial charge in [-0.05, 0) is 19.1 Å². The molecule has 5 heteroatoms. The van der Waals surface area contributed by atoms with Crippen molar-refractivity contribution in [2.75, 3.05) is 19.8 Å². The third-order valence-corrected chi connectivity index (χ3v) is 2.62. The zero-order chi connectivity index (χ0) is 11.6. The molecule has 2 rings (SSSR count). The molecule has 5 nitrogen and oxygen atoms in total. The Balaban J connectivity index is 1.88. The van der Waals surface area contributed by atoms with Gasteiger partial charge in [0.15, 0.2) is 5.76 Å². The zero-order valence-corrected chi connectivity index (χ0v) is 9.16. The van der Waals surface area contributed by atoms with Crippen molar-refractivity contribution in [2.24, 2.45) is 0 Å². The number of hydrogen-bond acceptors (Lipinski definition) is 4. The van der Waals surface area contributed by atoms with Gasteiger partial charge in [0.1, 0.15) is 11.4 Å². The van der Waals surface area contributed by atoms with Crippen molar-refractivity contribution < 1.29 is 19.1 Å². The number of ether oxygens (including phenoxy) is 1. The second-order valence-corrected chi connectivity index (χ2v) is 4.12. The Bertz CT molecular complexity index is 379. The van der Waals surface area contributed by atoms with Crippen molar-refractivity contribution in [3.8, 4) is 0 Å². The van der Waals surface area contributed by atoms with Gasteiger partial charge in [-0.2, -0.15) is 0 Å². The highest BCUT2D eigenvalue weighted by Crippen LogP contribution is 2.17. The molecule has 0 radical (unpaired) electrons. The quantitative estimate of drug-likeness (QED) is 0.784. The number of carbonyl (C=O) groups excluding carboxylic acids is 1. The monoisotopic (exact) mass is 225 g/mol. The molecule has 0 spiro atoms. The first-order valence-electron chi connectivity index (χ1n) is 5.24. The van der Waals surface area contributed by atoms with Crippen molar-refractivity contribution in [3.05, 3.63) is 23.7 Å². The van der Waals surface area contributed by atoms with Crippen LogP contribution >= 0.6 is 0 Å². The molecule has 88 valence electrons. The molecular formula is C11H15NO4. The maximum absolute atomic E-state index is 11.6. The van der Waals surface area contributed by atoms with Gasteiger partial charge in [0.25, 0.3) is 5.91 Å². The minimum absolute atomic E-state index is 0.186. The molecule has 2 heterocycles. The van der Waals surface area contributed by atoms with E-state index in [9.17, 15) is 9.90 Å². The van der Waals surface area contributed by atoms with Crippen molar-refractivity contribution in [2.45, 2.75) is 18.9 Å². The number of furan rings is 1. The van der Waals surface area contributed by atoms with E-state index in [1.54, 1.807) is 19.1 Å². The molecule has 2 N–H and O–H groups in total. The van der Waals surface area contributed by atoms with Crippen molar-refractivity contribution in [1.29, 1.82) is 0 Å². The van der Waals surface area contributed by atoms with Gasteiger partial charge in [-0.25, -0.2) is 0 Å². The summed E-state index contributed by atoms with van der Waals surface area (Å²) in [6.45, 7) is 2.76. The summed E-state index contributed by atoms with van der Waals surface area (Å²) in [6.07, 6.45) is 0.546. The number of nitrogens with one attached hydrogen (secondary N) is 1. The molecule has 0 aromatic carbocycles. The van der Waals surface area contributed by atoms with Crippen LogP contribution in [0.5, 0.6) is 0 Å². The van der Waals surface area contributed by atoms with Gasteiger partial charge in [0.05, 0.1) is 6.61 Å². The lowest BCUT2D eigenvalue weighted by Gasteiger charge is -2.20. The minimum Gasteiger partial charge on any atom is -0.456 e. The Labute approximate surface area is 93.4 Å². The van der Waals surface area contributed by atoms with E-state index < -0.39 is 5.60 Å². The summed E-state index contributed by atoms with van der Waals surface area (Å²) in [5.41, 5.74) is -0.933.